The Morgan fingerprint density at radius 2 is 2.00 bits per heavy atom. The molecule has 0 aliphatic carbocycles. The van der Waals surface area contributed by atoms with E-state index in [4.69, 9.17) is 10.2 Å². The summed E-state index contributed by atoms with van der Waals surface area (Å²) in [6, 6.07) is 6.80. The summed E-state index contributed by atoms with van der Waals surface area (Å²) >= 11 is 0. The number of hydrogen-bond donors (Lipinski definition) is 2. The maximum atomic E-state index is 12.0. The van der Waals surface area contributed by atoms with Gasteiger partial charge in [-0.2, -0.15) is 0 Å². The van der Waals surface area contributed by atoms with E-state index in [1.807, 2.05) is 0 Å². The summed E-state index contributed by atoms with van der Waals surface area (Å²) < 4.78 is 5.45. The van der Waals surface area contributed by atoms with Gasteiger partial charge in [0.15, 0.2) is 5.76 Å². The van der Waals surface area contributed by atoms with E-state index in [0.29, 0.717) is 11.3 Å². The van der Waals surface area contributed by atoms with Crippen LogP contribution in [-0.2, 0) is 4.79 Å². The second kappa shape index (κ2) is 5.47. The van der Waals surface area contributed by atoms with Crippen LogP contribution in [0.3, 0.4) is 0 Å². The lowest BCUT2D eigenvalue weighted by Crippen LogP contribution is -2.38. The third-order valence-corrected chi connectivity index (χ3v) is 3.62. The molecule has 2 amide bonds. The first-order chi connectivity index (χ1) is 10.1. The highest BCUT2D eigenvalue weighted by atomic mass is 16.3. The molecular weight excluding hydrogens is 270 g/mol. The lowest BCUT2D eigenvalue weighted by molar-refractivity contribution is -0.129. The first-order valence-corrected chi connectivity index (χ1v) is 6.98. The van der Waals surface area contributed by atoms with Gasteiger partial charge in [-0.25, -0.2) is 0 Å². The van der Waals surface area contributed by atoms with Gasteiger partial charge >= 0.3 is 0 Å². The third kappa shape index (κ3) is 2.84. The first kappa shape index (κ1) is 13.5. The van der Waals surface area contributed by atoms with E-state index >= 15 is 0 Å². The van der Waals surface area contributed by atoms with Crippen molar-refractivity contribution >= 4 is 28.5 Å². The standard InChI is InChI=1S/C15H17N3O3/c16-11-3-4-12-10(7-11)8-13(21-12)15(20)17-9-14(19)18-5-1-2-6-18/h3-4,7-8H,1-2,5-6,9,16H2,(H,17,20). The van der Waals surface area contributed by atoms with Crippen molar-refractivity contribution in [3.8, 4) is 0 Å². The number of fused-ring (bicyclic) bond motifs is 1. The summed E-state index contributed by atoms with van der Waals surface area (Å²) in [5.74, 6) is -0.261. The fraction of sp³-hybridized carbons (Fsp3) is 0.333. The average molecular weight is 287 g/mol. The van der Waals surface area contributed by atoms with E-state index in [-0.39, 0.29) is 18.2 Å². The molecule has 1 aromatic heterocycles. The van der Waals surface area contributed by atoms with Crippen LogP contribution in [0.25, 0.3) is 11.0 Å². The van der Waals surface area contributed by atoms with Gasteiger partial charge in [-0.05, 0) is 37.1 Å². The molecule has 0 radical (unpaired) electrons. The molecule has 6 heteroatoms. The SMILES string of the molecule is Nc1ccc2oc(C(=O)NCC(=O)N3CCCC3)cc2c1. The fourth-order valence-corrected chi connectivity index (χ4v) is 2.50. The molecule has 3 rings (SSSR count). The van der Waals surface area contributed by atoms with Gasteiger partial charge in [-0.15, -0.1) is 0 Å². The molecule has 1 aliphatic heterocycles. The van der Waals surface area contributed by atoms with Crippen molar-refractivity contribution in [3.63, 3.8) is 0 Å². The number of amides is 2. The second-order valence-electron chi connectivity index (χ2n) is 5.18. The van der Waals surface area contributed by atoms with Gasteiger partial charge in [-0.1, -0.05) is 0 Å². The highest BCUT2D eigenvalue weighted by molar-refractivity contribution is 5.98. The topological polar surface area (TPSA) is 88.6 Å². The van der Waals surface area contributed by atoms with E-state index in [9.17, 15) is 9.59 Å². The van der Waals surface area contributed by atoms with Crippen molar-refractivity contribution in [1.82, 2.24) is 10.2 Å². The Hall–Kier alpha value is -2.50. The van der Waals surface area contributed by atoms with Gasteiger partial charge in [0.05, 0.1) is 6.54 Å². The van der Waals surface area contributed by atoms with Crippen LogP contribution in [0.15, 0.2) is 28.7 Å². The molecule has 1 aromatic carbocycles. The Bertz CT molecular complexity index is 687. The van der Waals surface area contributed by atoms with E-state index in [1.165, 1.54) is 0 Å². The predicted molar refractivity (Wildman–Crippen MR) is 78.8 cm³/mol. The van der Waals surface area contributed by atoms with E-state index in [0.717, 1.165) is 31.3 Å². The van der Waals surface area contributed by atoms with Crippen LogP contribution in [0.1, 0.15) is 23.4 Å². The summed E-state index contributed by atoms with van der Waals surface area (Å²) in [5.41, 5.74) is 6.89. The Morgan fingerprint density at radius 1 is 1.24 bits per heavy atom. The Labute approximate surface area is 121 Å². The van der Waals surface area contributed by atoms with Crippen molar-refractivity contribution in [2.75, 3.05) is 25.4 Å². The highest BCUT2D eigenvalue weighted by Gasteiger charge is 2.19. The zero-order valence-corrected chi connectivity index (χ0v) is 11.6. The van der Waals surface area contributed by atoms with Crippen LogP contribution < -0.4 is 11.1 Å². The molecule has 1 aliphatic rings. The molecule has 3 N–H and O–H groups in total. The van der Waals surface area contributed by atoms with E-state index in [2.05, 4.69) is 5.32 Å². The minimum atomic E-state index is -0.391. The fourth-order valence-electron chi connectivity index (χ4n) is 2.50. The molecule has 2 heterocycles. The summed E-state index contributed by atoms with van der Waals surface area (Å²) in [7, 11) is 0. The van der Waals surface area contributed by atoms with Gasteiger partial charge in [0.25, 0.3) is 5.91 Å². The molecule has 0 saturated carbocycles. The van der Waals surface area contributed by atoms with Gasteiger partial charge in [-0.3, -0.25) is 9.59 Å². The number of carbonyl (C=O) groups excluding carboxylic acids is 2. The van der Waals surface area contributed by atoms with Crippen molar-refractivity contribution in [2.45, 2.75) is 12.8 Å². The number of nitrogens with one attached hydrogen (secondary N) is 1. The van der Waals surface area contributed by atoms with Gasteiger partial charge in [0, 0.05) is 24.2 Å². The zero-order valence-electron chi connectivity index (χ0n) is 11.6. The van der Waals surface area contributed by atoms with Crippen LogP contribution in [0.2, 0.25) is 0 Å². The number of benzene rings is 1. The number of nitrogens with zero attached hydrogens (tertiary/aromatic N) is 1. The lowest BCUT2D eigenvalue weighted by Gasteiger charge is -2.14. The van der Waals surface area contributed by atoms with E-state index < -0.39 is 5.91 Å². The number of anilines is 1. The molecular formula is C15H17N3O3. The number of furan rings is 1. The van der Waals surface area contributed by atoms with Crippen LogP contribution in [0.4, 0.5) is 5.69 Å². The molecule has 6 nitrogen and oxygen atoms in total. The van der Waals surface area contributed by atoms with Gasteiger partial charge in [0.2, 0.25) is 5.91 Å². The first-order valence-electron chi connectivity index (χ1n) is 6.98. The van der Waals surface area contributed by atoms with Crippen molar-refractivity contribution < 1.29 is 14.0 Å². The summed E-state index contributed by atoms with van der Waals surface area (Å²) in [4.78, 5) is 25.6. The molecule has 0 spiro atoms. The molecule has 2 aromatic rings. The minimum absolute atomic E-state index is 0.00197. The largest absolute Gasteiger partial charge is 0.451 e. The summed E-state index contributed by atoms with van der Waals surface area (Å²) in [5, 5.41) is 3.37. The molecule has 110 valence electrons. The number of nitrogens with two attached hydrogens (primary N) is 1. The Balaban J connectivity index is 1.65. The quantitative estimate of drug-likeness (QED) is 0.834. The Morgan fingerprint density at radius 3 is 2.76 bits per heavy atom. The lowest BCUT2D eigenvalue weighted by atomic mass is 10.2. The highest BCUT2D eigenvalue weighted by Crippen LogP contribution is 2.21. The third-order valence-electron chi connectivity index (χ3n) is 3.62. The Kier molecular flexibility index (Phi) is 3.51. The predicted octanol–water partition coefficient (Wildman–Crippen LogP) is 1.37. The number of rotatable bonds is 3. The van der Waals surface area contributed by atoms with Crippen LogP contribution in [-0.4, -0.2) is 36.3 Å². The second-order valence-corrected chi connectivity index (χ2v) is 5.18. The number of likely N-dealkylation sites (tertiary alicyclic amines) is 1. The molecule has 0 atom stereocenters. The number of hydrogen-bond acceptors (Lipinski definition) is 4. The van der Waals surface area contributed by atoms with E-state index in [1.54, 1.807) is 29.2 Å². The molecule has 1 fully saturated rings. The van der Waals surface area contributed by atoms with Gasteiger partial charge in [0.1, 0.15) is 5.58 Å². The van der Waals surface area contributed by atoms with Gasteiger partial charge < -0.3 is 20.4 Å². The smallest absolute Gasteiger partial charge is 0.287 e. The normalized spacial score (nSPS) is 14.6. The number of nitrogen functional groups attached to an aromatic ring is 1. The number of carbonyl (C=O) groups is 2. The van der Waals surface area contributed by atoms with Crippen molar-refractivity contribution in [2.24, 2.45) is 0 Å². The van der Waals surface area contributed by atoms with Crippen molar-refractivity contribution in [1.29, 1.82) is 0 Å². The summed E-state index contributed by atoms with van der Waals surface area (Å²) in [6.45, 7) is 1.55. The van der Waals surface area contributed by atoms with Crippen LogP contribution in [0, 0.1) is 0 Å². The maximum absolute atomic E-state index is 12.0. The van der Waals surface area contributed by atoms with Crippen molar-refractivity contribution in [3.05, 3.63) is 30.0 Å². The molecule has 0 bridgehead atoms. The molecule has 1 saturated heterocycles. The maximum Gasteiger partial charge on any atom is 0.287 e. The average Bonchev–Trinajstić information content (AvgIpc) is 3.12. The van der Waals surface area contributed by atoms with Crippen LogP contribution >= 0.6 is 0 Å². The van der Waals surface area contributed by atoms with Crippen LogP contribution in [0.5, 0.6) is 0 Å². The molecule has 21 heavy (non-hydrogen) atoms. The monoisotopic (exact) mass is 287 g/mol. The summed E-state index contributed by atoms with van der Waals surface area (Å²) in [6.07, 6.45) is 2.06. The minimum Gasteiger partial charge on any atom is -0.451 e. The molecule has 0 unspecified atom stereocenters. The zero-order chi connectivity index (χ0) is 14.8.